The summed E-state index contributed by atoms with van der Waals surface area (Å²) in [4.78, 5) is 23.1. The van der Waals surface area contributed by atoms with Gasteiger partial charge in [0.15, 0.2) is 0 Å². The SMILES string of the molecule is CCN(CC)c1ccc(/C=C2/CCC(=NC3CCCC3)N(C3CCCC3)C2=O)cc1. The molecular formula is C26H37N3O. The number of anilines is 1. The van der Waals surface area contributed by atoms with Crippen LogP contribution in [0.3, 0.4) is 0 Å². The smallest absolute Gasteiger partial charge is 0.255 e. The molecule has 0 N–H and O–H groups in total. The Bertz CT molecular complexity index is 779. The third-order valence-electron chi connectivity index (χ3n) is 7.10. The predicted molar refractivity (Wildman–Crippen MR) is 126 cm³/mol. The molecule has 0 atom stereocenters. The fourth-order valence-electron chi connectivity index (χ4n) is 5.36. The van der Waals surface area contributed by atoms with Crippen molar-refractivity contribution in [1.82, 2.24) is 4.90 Å². The summed E-state index contributed by atoms with van der Waals surface area (Å²) in [7, 11) is 0. The van der Waals surface area contributed by atoms with Crippen molar-refractivity contribution in [3.8, 4) is 0 Å². The number of hydrogen-bond donors (Lipinski definition) is 0. The van der Waals surface area contributed by atoms with Gasteiger partial charge in [-0.15, -0.1) is 0 Å². The van der Waals surface area contributed by atoms with Crippen LogP contribution in [0.2, 0.25) is 0 Å². The highest BCUT2D eigenvalue weighted by Gasteiger charge is 2.35. The van der Waals surface area contributed by atoms with Crippen molar-refractivity contribution < 1.29 is 4.79 Å². The number of benzene rings is 1. The van der Waals surface area contributed by atoms with Gasteiger partial charge in [-0.2, -0.15) is 0 Å². The van der Waals surface area contributed by atoms with Crippen molar-refractivity contribution >= 4 is 23.5 Å². The van der Waals surface area contributed by atoms with Crippen molar-refractivity contribution in [2.45, 2.75) is 90.1 Å². The number of likely N-dealkylation sites (tertiary alicyclic amines) is 1. The molecule has 0 spiro atoms. The summed E-state index contributed by atoms with van der Waals surface area (Å²) in [6.45, 7) is 6.38. The minimum atomic E-state index is 0.206. The molecule has 3 fully saturated rings. The third kappa shape index (κ3) is 4.63. The van der Waals surface area contributed by atoms with Gasteiger partial charge >= 0.3 is 0 Å². The summed E-state index contributed by atoms with van der Waals surface area (Å²) in [6, 6.07) is 9.44. The Morgan fingerprint density at radius 1 is 0.967 bits per heavy atom. The summed E-state index contributed by atoms with van der Waals surface area (Å²) in [5.74, 6) is 1.28. The molecule has 1 aromatic carbocycles. The van der Waals surface area contributed by atoms with Crippen LogP contribution in [0.5, 0.6) is 0 Å². The van der Waals surface area contributed by atoms with E-state index in [9.17, 15) is 4.79 Å². The fourth-order valence-corrected chi connectivity index (χ4v) is 5.36. The normalized spacial score (nSPS) is 23.8. The lowest BCUT2D eigenvalue weighted by molar-refractivity contribution is -0.125. The second-order valence-corrected chi connectivity index (χ2v) is 9.03. The van der Waals surface area contributed by atoms with E-state index >= 15 is 0 Å². The minimum absolute atomic E-state index is 0.206. The Balaban J connectivity index is 1.55. The molecule has 4 heteroatoms. The molecule has 30 heavy (non-hydrogen) atoms. The molecule has 1 amide bonds. The van der Waals surface area contributed by atoms with E-state index in [0.717, 1.165) is 55.7 Å². The number of amidine groups is 1. The van der Waals surface area contributed by atoms with Gasteiger partial charge in [0, 0.05) is 36.8 Å². The van der Waals surface area contributed by atoms with Crippen LogP contribution in [0.4, 0.5) is 5.69 Å². The number of rotatable bonds is 6. The summed E-state index contributed by atoms with van der Waals surface area (Å²) in [6.07, 6.45) is 13.5. The van der Waals surface area contributed by atoms with Gasteiger partial charge < -0.3 is 4.90 Å². The number of aliphatic imine (C=N–C) groups is 1. The predicted octanol–water partition coefficient (Wildman–Crippen LogP) is 5.82. The number of carbonyl (C=O) groups excluding carboxylic acids is 1. The highest BCUT2D eigenvalue weighted by atomic mass is 16.2. The molecule has 1 heterocycles. The van der Waals surface area contributed by atoms with E-state index in [-0.39, 0.29) is 5.91 Å². The van der Waals surface area contributed by atoms with Crippen LogP contribution < -0.4 is 4.90 Å². The molecule has 1 aliphatic heterocycles. The maximum Gasteiger partial charge on any atom is 0.255 e. The molecular weight excluding hydrogens is 370 g/mol. The molecule has 0 bridgehead atoms. The monoisotopic (exact) mass is 407 g/mol. The first-order valence-electron chi connectivity index (χ1n) is 12.2. The lowest BCUT2D eigenvalue weighted by atomic mass is 9.97. The van der Waals surface area contributed by atoms with E-state index < -0.39 is 0 Å². The number of carbonyl (C=O) groups is 1. The van der Waals surface area contributed by atoms with Gasteiger partial charge in [-0.3, -0.25) is 14.7 Å². The largest absolute Gasteiger partial charge is 0.372 e. The molecule has 1 saturated heterocycles. The van der Waals surface area contributed by atoms with Gasteiger partial charge in [-0.1, -0.05) is 37.8 Å². The third-order valence-corrected chi connectivity index (χ3v) is 7.10. The van der Waals surface area contributed by atoms with Crippen LogP contribution in [-0.4, -0.2) is 41.8 Å². The van der Waals surface area contributed by atoms with Crippen molar-refractivity contribution in [2.75, 3.05) is 18.0 Å². The van der Waals surface area contributed by atoms with E-state index in [0.29, 0.717) is 12.1 Å². The summed E-state index contributed by atoms with van der Waals surface area (Å²) in [5, 5.41) is 0. The molecule has 162 valence electrons. The van der Waals surface area contributed by atoms with Crippen LogP contribution in [0, 0.1) is 0 Å². The molecule has 0 unspecified atom stereocenters. The van der Waals surface area contributed by atoms with Crippen LogP contribution in [0.1, 0.15) is 83.6 Å². The van der Waals surface area contributed by atoms with E-state index in [1.54, 1.807) is 0 Å². The van der Waals surface area contributed by atoms with E-state index in [4.69, 9.17) is 4.99 Å². The first kappa shape index (κ1) is 21.1. The van der Waals surface area contributed by atoms with Crippen LogP contribution in [0.25, 0.3) is 6.08 Å². The minimum Gasteiger partial charge on any atom is -0.372 e. The lowest BCUT2D eigenvalue weighted by Crippen LogP contribution is -2.47. The number of hydrogen-bond acceptors (Lipinski definition) is 3. The summed E-state index contributed by atoms with van der Waals surface area (Å²) in [5.41, 5.74) is 3.32. The molecule has 4 nitrogen and oxygen atoms in total. The van der Waals surface area contributed by atoms with Crippen LogP contribution in [-0.2, 0) is 4.79 Å². The van der Waals surface area contributed by atoms with Crippen molar-refractivity contribution in [2.24, 2.45) is 4.99 Å². The number of nitrogens with zero attached hydrogens (tertiary/aromatic N) is 3. The zero-order chi connectivity index (χ0) is 20.9. The zero-order valence-corrected chi connectivity index (χ0v) is 18.8. The maximum absolute atomic E-state index is 13.5. The highest BCUT2D eigenvalue weighted by molar-refractivity contribution is 6.11. The van der Waals surface area contributed by atoms with Crippen LogP contribution >= 0.6 is 0 Å². The fraction of sp³-hybridized carbons (Fsp3) is 0.615. The Labute approximate surface area is 182 Å². The quantitative estimate of drug-likeness (QED) is 0.557. The Morgan fingerprint density at radius 2 is 1.60 bits per heavy atom. The summed E-state index contributed by atoms with van der Waals surface area (Å²) < 4.78 is 0. The molecule has 0 aromatic heterocycles. The van der Waals surface area contributed by atoms with Crippen molar-refractivity contribution in [3.63, 3.8) is 0 Å². The summed E-state index contributed by atoms with van der Waals surface area (Å²) >= 11 is 0. The lowest BCUT2D eigenvalue weighted by Gasteiger charge is -2.35. The Hall–Kier alpha value is -2.10. The van der Waals surface area contributed by atoms with Gasteiger partial charge in [0.2, 0.25) is 0 Å². The van der Waals surface area contributed by atoms with Crippen LogP contribution in [0.15, 0.2) is 34.8 Å². The second-order valence-electron chi connectivity index (χ2n) is 9.03. The number of piperidine rings is 1. The van der Waals surface area contributed by atoms with Gasteiger partial charge in [0.1, 0.15) is 5.84 Å². The van der Waals surface area contributed by atoms with Gasteiger partial charge in [-0.05, 0) is 69.7 Å². The van der Waals surface area contributed by atoms with Crippen molar-refractivity contribution in [1.29, 1.82) is 0 Å². The molecule has 0 radical (unpaired) electrons. The molecule has 3 aliphatic rings. The first-order valence-corrected chi connectivity index (χ1v) is 12.2. The topological polar surface area (TPSA) is 35.9 Å². The van der Waals surface area contributed by atoms with Gasteiger partial charge in [-0.25, -0.2) is 0 Å². The first-order chi connectivity index (χ1) is 14.7. The average molecular weight is 408 g/mol. The standard InChI is InChI=1S/C26H37N3O/c1-3-28(4-2)23-16-13-20(14-17-23)19-21-15-18-25(27-22-9-5-6-10-22)29(26(21)30)24-11-7-8-12-24/h13-14,16-17,19,22,24H,3-12,15,18H2,1-2H3/b21-19-,27-25?. The van der Waals surface area contributed by atoms with E-state index in [1.165, 1.54) is 44.2 Å². The van der Waals surface area contributed by atoms with Gasteiger partial charge in [0.25, 0.3) is 5.91 Å². The molecule has 2 saturated carbocycles. The second kappa shape index (κ2) is 9.80. The maximum atomic E-state index is 13.5. The molecule has 2 aliphatic carbocycles. The number of amides is 1. The van der Waals surface area contributed by atoms with Crippen molar-refractivity contribution in [3.05, 3.63) is 35.4 Å². The van der Waals surface area contributed by atoms with Gasteiger partial charge in [0.05, 0.1) is 6.04 Å². The van der Waals surface area contributed by atoms with E-state index in [2.05, 4.69) is 54.0 Å². The zero-order valence-electron chi connectivity index (χ0n) is 18.8. The van der Waals surface area contributed by atoms with E-state index in [1.807, 2.05) is 0 Å². The molecule has 4 rings (SSSR count). The molecule has 1 aromatic rings. The Kier molecular flexibility index (Phi) is 6.91. The highest BCUT2D eigenvalue weighted by Crippen LogP contribution is 2.32. The Morgan fingerprint density at radius 3 is 2.23 bits per heavy atom. The average Bonchev–Trinajstić information content (AvgIpc) is 3.47.